The lowest BCUT2D eigenvalue weighted by atomic mass is 9.91. The number of hydrogen-bond donors (Lipinski definition) is 1. The van der Waals surface area contributed by atoms with Crippen LogP contribution in [0.15, 0.2) is 29.5 Å². The number of benzene rings is 2. The zero-order valence-corrected chi connectivity index (χ0v) is 26.2. The van der Waals surface area contributed by atoms with Crippen molar-refractivity contribution in [3.8, 4) is 17.2 Å². The summed E-state index contributed by atoms with van der Waals surface area (Å²) in [6, 6.07) is 4.05. The molecule has 0 saturated carbocycles. The minimum absolute atomic E-state index is 0.00777. The molecule has 2 aliphatic heterocycles. The van der Waals surface area contributed by atoms with E-state index in [9.17, 15) is 9.65 Å². The number of thiophene rings is 1. The van der Waals surface area contributed by atoms with Crippen LogP contribution in [0.3, 0.4) is 0 Å². The van der Waals surface area contributed by atoms with Crippen molar-refractivity contribution in [2.24, 2.45) is 4.99 Å². The number of aliphatic imine (C=N–C) groups is 1. The lowest BCUT2D eigenvalue weighted by molar-refractivity contribution is 0.132. The molecule has 2 N–H and O–H groups in total. The highest BCUT2D eigenvalue weighted by Crippen LogP contribution is 2.47. The highest BCUT2D eigenvalue weighted by atomic mass is 35.5. The largest absolute Gasteiger partial charge is 0.389 e. The zero-order valence-electron chi connectivity index (χ0n) is 24.7. The van der Waals surface area contributed by atoms with Crippen LogP contribution in [-0.2, 0) is 0 Å². The number of nitrogens with zero attached hydrogens (tertiary/aromatic N) is 8. The molecule has 0 amide bonds. The average molecular weight is 640 g/mol. The zero-order chi connectivity index (χ0) is 31.7. The van der Waals surface area contributed by atoms with Gasteiger partial charge in [0, 0.05) is 66.7 Å². The molecule has 0 radical (unpaired) electrons. The average Bonchev–Trinajstić information content (AvgIpc) is 3.32. The van der Waals surface area contributed by atoms with Crippen molar-refractivity contribution >= 4 is 66.9 Å². The van der Waals surface area contributed by atoms with Gasteiger partial charge in [-0.3, -0.25) is 4.99 Å². The van der Waals surface area contributed by atoms with E-state index in [0.29, 0.717) is 42.9 Å². The normalized spacial score (nSPS) is 16.6. The van der Waals surface area contributed by atoms with Gasteiger partial charge in [0.15, 0.2) is 5.82 Å². The molecule has 4 heterocycles. The van der Waals surface area contributed by atoms with Gasteiger partial charge in [0.1, 0.15) is 34.0 Å². The first-order valence-corrected chi connectivity index (χ1v) is 14.9. The third-order valence-corrected chi connectivity index (χ3v) is 9.97. The predicted molar refractivity (Wildman–Crippen MR) is 171 cm³/mol. The minimum atomic E-state index is -1.08. The van der Waals surface area contributed by atoms with Crippen LogP contribution in [0.4, 0.5) is 29.9 Å². The molecule has 2 aromatic carbocycles. The maximum atomic E-state index is 16.9. The number of nitrogen functional groups attached to an aromatic ring is 1. The summed E-state index contributed by atoms with van der Waals surface area (Å²) >= 11 is 7.53. The maximum Gasteiger partial charge on any atom is 0.228 e. The first kappa shape index (κ1) is 29.9. The number of anilines is 3. The van der Waals surface area contributed by atoms with Crippen molar-refractivity contribution in [2.45, 2.75) is 25.6 Å². The van der Waals surface area contributed by atoms with Crippen molar-refractivity contribution < 1.29 is 13.2 Å². The number of fused-ring (bicyclic) bond motifs is 2. The van der Waals surface area contributed by atoms with Crippen molar-refractivity contribution in [3.05, 3.63) is 52.6 Å². The molecule has 1 atom stereocenters. The smallest absolute Gasteiger partial charge is 0.228 e. The fourth-order valence-corrected chi connectivity index (χ4v) is 6.87. The summed E-state index contributed by atoms with van der Waals surface area (Å²) in [6.45, 7) is 5.86. The highest BCUT2D eigenvalue weighted by Gasteiger charge is 2.42. The van der Waals surface area contributed by atoms with Crippen LogP contribution < -0.4 is 15.5 Å². The molecule has 6 rings (SSSR count). The molecule has 0 aliphatic carbocycles. The van der Waals surface area contributed by atoms with E-state index in [0.717, 1.165) is 11.3 Å². The van der Waals surface area contributed by atoms with Crippen LogP contribution >= 0.6 is 22.9 Å². The molecule has 14 heteroatoms. The van der Waals surface area contributed by atoms with Gasteiger partial charge in [-0.15, -0.1) is 11.3 Å². The number of aromatic nitrogens is 2. The molecule has 1 saturated heterocycles. The molecule has 0 spiro atoms. The topological polar surface area (TPSA) is 101 Å². The Bertz CT molecular complexity index is 1930. The molecule has 228 valence electrons. The quantitative estimate of drug-likeness (QED) is 0.282. The Labute approximate surface area is 261 Å². The van der Waals surface area contributed by atoms with Crippen LogP contribution in [0.2, 0.25) is 5.02 Å². The molecule has 9 nitrogen and oxygen atoms in total. The van der Waals surface area contributed by atoms with Gasteiger partial charge in [-0.05, 0) is 34.0 Å². The van der Waals surface area contributed by atoms with Gasteiger partial charge in [-0.25, -0.2) is 18.2 Å². The van der Waals surface area contributed by atoms with Gasteiger partial charge in [0.05, 0.1) is 33.5 Å². The summed E-state index contributed by atoms with van der Waals surface area (Å²) in [6.07, 6.45) is 5.10. The van der Waals surface area contributed by atoms with Crippen LogP contribution in [-0.4, -0.2) is 78.5 Å². The van der Waals surface area contributed by atoms with Crippen LogP contribution in [0.1, 0.15) is 19.4 Å². The number of rotatable bonds is 6. The summed E-state index contributed by atoms with van der Waals surface area (Å²) in [5.41, 5.74) is 4.94. The van der Waals surface area contributed by atoms with E-state index in [1.54, 1.807) is 12.4 Å². The van der Waals surface area contributed by atoms with Crippen molar-refractivity contribution in [3.63, 3.8) is 0 Å². The lowest BCUT2D eigenvalue weighted by Gasteiger charge is -2.52. The number of likely N-dealkylation sites (N-methyl/N-ethyl adjacent to an activating group) is 1. The number of hydrogen-bond acceptors (Lipinski definition) is 10. The van der Waals surface area contributed by atoms with Crippen LogP contribution in [0.5, 0.6) is 0 Å². The fraction of sp³-hybridized carbons (Fsp3) is 0.333. The monoisotopic (exact) mass is 639 g/mol. The van der Waals surface area contributed by atoms with E-state index in [4.69, 9.17) is 22.3 Å². The Morgan fingerprint density at radius 2 is 1.86 bits per heavy atom. The molecule has 2 aliphatic rings. The Morgan fingerprint density at radius 1 is 1.14 bits per heavy atom. The van der Waals surface area contributed by atoms with E-state index in [1.165, 1.54) is 6.07 Å². The van der Waals surface area contributed by atoms with E-state index >= 15 is 8.78 Å². The second-order valence-corrected chi connectivity index (χ2v) is 12.9. The third-order valence-electron chi connectivity index (χ3n) is 8.65. The van der Waals surface area contributed by atoms with E-state index in [-0.39, 0.29) is 54.0 Å². The lowest BCUT2D eigenvalue weighted by Crippen LogP contribution is -2.67. The van der Waals surface area contributed by atoms with Gasteiger partial charge < -0.3 is 25.3 Å². The predicted octanol–water partition coefficient (Wildman–Crippen LogP) is 5.82. The number of nitrogens with two attached hydrogens (primary N) is 1. The summed E-state index contributed by atoms with van der Waals surface area (Å²) in [5, 5.41) is 9.81. The maximum absolute atomic E-state index is 16.9. The van der Waals surface area contributed by atoms with Gasteiger partial charge in [-0.2, -0.15) is 10.2 Å². The Kier molecular flexibility index (Phi) is 7.34. The Hall–Kier alpha value is -4.12. The third kappa shape index (κ3) is 4.60. The Morgan fingerprint density at radius 3 is 2.50 bits per heavy atom. The standard InChI is InChI=1S/C30H29ClF3N9S/c1-15(42-8-6-37-7-9-42)41(5)28-16-10-18(31)22(23-19(32)11-20(33)26-21(23)17(12-35)27(36)44-26)24(34)25(16)38-29(39-28)43-13-30(2,14-43)40(3)4/h6-8,10-11,15H,9,13-14,36H2,1-5H3/t15-/m0/s1. The van der Waals surface area contributed by atoms with E-state index in [2.05, 4.69) is 21.8 Å². The van der Waals surface area contributed by atoms with Crippen molar-refractivity contribution in [1.29, 1.82) is 5.26 Å². The van der Waals surface area contributed by atoms with Gasteiger partial charge in [0.25, 0.3) is 0 Å². The number of halogens is 4. The molecular formula is C30H29ClF3N9S. The molecule has 2 aromatic heterocycles. The van der Waals surface area contributed by atoms with E-state index < -0.39 is 17.5 Å². The summed E-state index contributed by atoms with van der Waals surface area (Å²) in [4.78, 5) is 21.7. The second kappa shape index (κ2) is 10.8. The fourth-order valence-electron chi connectivity index (χ4n) is 5.65. The van der Waals surface area contributed by atoms with Crippen LogP contribution in [0.25, 0.3) is 32.1 Å². The minimum Gasteiger partial charge on any atom is -0.389 e. The molecule has 0 bridgehead atoms. The SMILES string of the molecule is C[C@H](N1C=CN=CC1)N(C)c1nc(N2CC(C)(N(C)C)C2)nc2c(F)c(-c3c(F)cc(F)c4sc(N)c(C#N)c34)c(Cl)cc12. The summed E-state index contributed by atoms with van der Waals surface area (Å²) in [7, 11) is 5.83. The van der Waals surface area contributed by atoms with Crippen molar-refractivity contribution in [2.75, 3.05) is 56.3 Å². The Balaban J connectivity index is 1.60. The molecular weight excluding hydrogens is 611 g/mol. The summed E-state index contributed by atoms with van der Waals surface area (Å²) < 4.78 is 47.3. The molecule has 1 fully saturated rings. The van der Waals surface area contributed by atoms with Crippen LogP contribution in [0, 0.1) is 28.8 Å². The second-order valence-electron chi connectivity index (χ2n) is 11.5. The molecule has 4 aromatic rings. The van der Waals surface area contributed by atoms with Gasteiger partial charge in [-0.1, -0.05) is 11.6 Å². The van der Waals surface area contributed by atoms with Gasteiger partial charge in [0.2, 0.25) is 5.95 Å². The first-order valence-electron chi connectivity index (χ1n) is 13.8. The number of nitriles is 1. The first-order chi connectivity index (χ1) is 20.9. The molecule has 44 heavy (non-hydrogen) atoms. The van der Waals surface area contributed by atoms with E-state index in [1.807, 2.05) is 55.0 Å². The molecule has 0 unspecified atom stereocenters. The summed E-state index contributed by atoms with van der Waals surface area (Å²) in [5.74, 6) is -2.18. The van der Waals surface area contributed by atoms with Crippen molar-refractivity contribution in [1.82, 2.24) is 19.8 Å². The van der Waals surface area contributed by atoms with Gasteiger partial charge >= 0.3 is 0 Å². The highest BCUT2D eigenvalue weighted by molar-refractivity contribution is 7.23.